The fourth-order valence-corrected chi connectivity index (χ4v) is 4.96. The highest BCUT2D eigenvalue weighted by Gasteiger charge is 2.53. The van der Waals surface area contributed by atoms with E-state index in [1.54, 1.807) is 0 Å². The average Bonchev–Trinajstić information content (AvgIpc) is 2.67. The van der Waals surface area contributed by atoms with Gasteiger partial charge in [-0.3, -0.25) is 14.5 Å². The molecule has 30 heavy (non-hydrogen) atoms. The molecule has 0 aromatic heterocycles. The van der Waals surface area contributed by atoms with Gasteiger partial charge < -0.3 is 10.2 Å². The van der Waals surface area contributed by atoms with Crippen molar-refractivity contribution in [2.24, 2.45) is 5.92 Å². The maximum absolute atomic E-state index is 14.1. The summed E-state index contributed by atoms with van der Waals surface area (Å²) >= 11 is 0. The van der Waals surface area contributed by atoms with Gasteiger partial charge >= 0.3 is 0 Å². The Kier molecular flexibility index (Phi) is 6.33. The minimum absolute atomic E-state index is 0.0763. The van der Waals surface area contributed by atoms with Crippen LogP contribution in [-0.2, 0) is 22.6 Å². The Hall–Kier alpha value is -1.88. The lowest BCUT2D eigenvalue weighted by Crippen LogP contribution is -2.69. The van der Waals surface area contributed by atoms with Crippen molar-refractivity contribution in [1.82, 2.24) is 15.1 Å². The van der Waals surface area contributed by atoms with Gasteiger partial charge in [0.2, 0.25) is 11.8 Å². The van der Waals surface area contributed by atoms with Crippen molar-refractivity contribution in [3.8, 4) is 0 Å². The molecule has 0 radical (unpaired) electrons. The summed E-state index contributed by atoms with van der Waals surface area (Å²) in [5, 5.41) is 3.05. The molecule has 3 rings (SSSR count). The smallest absolute Gasteiger partial charge is 0.244 e. The van der Waals surface area contributed by atoms with Gasteiger partial charge in [-0.15, -0.1) is 0 Å². The molecule has 1 aromatic rings. The predicted octanol–water partition coefficient (Wildman–Crippen LogP) is 3.75. The van der Waals surface area contributed by atoms with Crippen molar-refractivity contribution in [3.63, 3.8) is 0 Å². The quantitative estimate of drug-likeness (QED) is 0.818. The minimum Gasteiger partial charge on any atom is -0.350 e. The van der Waals surface area contributed by atoms with Gasteiger partial charge in [0.1, 0.15) is 11.6 Å². The number of benzene rings is 1. The molecule has 5 heteroatoms. The molecule has 0 saturated carbocycles. The van der Waals surface area contributed by atoms with Gasteiger partial charge in [-0.1, -0.05) is 38.1 Å². The first kappa shape index (κ1) is 22.8. The molecule has 3 atom stereocenters. The maximum Gasteiger partial charge on any atom is 0.244 e. The number of nitrogens with one attached hydrogen (secondary N) is 1. The normalized spacial score (nSPS) is 24.7. The van der Waals surface area contributed by atoms with E-state index in [-0.39, 0.29) is 23.4 Å². The van der Waals surface area contributed by atoms with Crippen LogP contribution in [0, 0.1) is 5.92 Å². The summed E-state index contributed by atoms with van der Waals surface area (Å²) in [7, 11) is 0. The molecule has 2 aliphatic heterocycles. The van der Waals surface area contributed by atoms with Gasteiger partial charge in [0, 0.05) is 31.1 Å². The Labute approximate surface area is 182 Å². The molecule has 1 fully saturated rings. The van der Waals surface area contributed by atoms with Crippen LogP contribution in [0.1, 0.15) is 72.4 Å². The van der Waals surface area contributed by atoms with Crippen LogP contribution in [0.4, 0.5) is 0 Å². The maximum atomic E-state index is 14.1. The number of hydrogen-bond donors (Lipinski definition) is 1. The van der Waals surface area contributed by atoms with Crippen LogP contribution in [-0.4, -0.2) is 51.3 Å². The van der Waals surface area contributed by atoms with Crippen LogP contribution in [0.15, 0.2) is 24.3 Å². The topological polar surface area (TPSA) is 52.6 Å². The molecule has 1 saturated heterocycles. The van der Waals surface area contributed by atoms with Gasteiger partial charge in [0.25, 0.3) is 0 Å². The standard InChI is InChI=1S/C25H39N3O2/c1-17(2)18(3)28-16-21-12-9-8-11-20(21)15-25(28)13-10-14-27(23(25)30)19(4)22(29)26-24(5,6)7/h8-9,11-12,17-19H,10,13-16H2,1-7H3,(H,26,29). The largest absolute Gasteiger partial charge is 0.350 e. The molecule has 0 aliphatic carbocycles. The van der Waals surface area contributed by atoms with E-state index in [2.05, 4.69) is 55.3 Å². The number of piperidine rings is 1. The van der Waals surface area contributed by atoms with Crippen molar-refractivity contribution in [2.75, 3.05) is 6.54 Å². The summed E-state index contributed by atoms with van der Waals surface area (Å²) in [6, 6.07) is 8.31. The summed E-state index contributed by atoms with van der Waals surface area (Å²) in [6.45, 7) is 15.9. The zero-order chi connectivity index (χ0) is 22.3. The van der Waals surface area contributed by atoms with Crippen LogP contribution >= 0.6 is 0 Å². The lowest BCUT2D eigenvalue weighted by atomic mass is 9.74. The highest BCUT2D eigenvalue weighted by Crippen LogP contribution is 2.41. The Balaban J connectivity index is 1.96. The number of likely N-dealkylation sites (tertiary alicyclic amines) is 1. The number of fused-ring (bicyclic) bond motifs is 1. The first-order valence-electron chi connectivity index (χ1n) is 11.4. The van der Waals surface area contributed by atoms with Crippen molar-refractivity contribution >= 4 is 11.8 Å². The van der Waals surface area contributed by atoms with Crippen LogP contribution in [0.3, 0.4) is 0 Å². The molecule has 1 N–H and O–H groups in total. The molecule has 1 aromatic carbocycles. The zero-order valence-electron chi connectivity index (χ0n) is 19.8. The molecule has 5 nitrogen and oxygen atoms in total. The molecule has 166 valence electrons. The second kappa shape index (κ2) is 8.33. The summed E-state index contributed by atoms with van der Waals surface area (Å²) in [6.07, 6.45) is 2.49. The van der Waals surface area contributed by atoms with Gasteiger partial charge in [-0.05, 0) is 64.5 Å². The van der Waals surface area contributed by atoms with Gasteiger partial charge in [0.15, 0.2) is 0 Å². The van der Waals surface area contributed by atoms with Crippen LogP contribution in [0.25, 0.3) is 0 Å². The number of carbonyl (C=O) groups is 2. The number of nitrogens with zero attached hydrogens (tertiary/aromatic N) is 2. The average molecular weight is 414 g/mol. The number of amides is 2. The van der Waals surface area contributed by atoms with E-state index in [9.17, 15) is 9.59 Å². The Bertz CT molecular complexity index is 798. The molecule has 2 heterocycles. The van der Waals surface area contributed by atoms with E-state index in [1.165, 1.54) is 11.1 Å². The molecule has 2 aliphatic rings. The fourth-order valence-electron chi connectivity index (χ4n) is 4.96. The lowest BCUT2D eigenvalue weighted by Gasteiger charge is -2.54. The summed E-state index contributed by atoms with van der Waals surface area (Å²) < 4.78 is 0. The van der Waals surface area contributed by atoms with Crippen molar-refractivity contribution in [1.29, 1.82) is 0 Å². The Morgan fingerprint density at radius 1 is 1.10 bits per heavy atom. The molecule has 3 unspecified atom stereocenters. The Morgan fingerprint density at radius 3 is 2.33 bits per heavy atom. The summed E-state index contributed by atoms with van der Waals surface area (Å²) in [5.74, 6) is 0.483. The third kappa shape index (κ3) is 4.27. The molecule has 0 bridgehead atoms. The number of hydrogen-bond acceptors (Lipinski definition) is 3. The van der Waals surface area contributed by atoms with Gasteiger partial charge in [-0.25, -0.2) is 0 Å². The first-order valence-corrected chi connectivity index (χ1v) is 11.4. The summed E-state index contributed by atoms with van der Waals surface area (Å²) in [5.41, 5.74) is 1.71. The van der Waals surface area contributed by atoms with E-state index in [0.29, 0.717) is 12.5 Å². The van der Waals surface area contributed by atoms with Gasteiger partial charge in [-0.2, -0.15) is 0 Å². The predicted molar refractivity (Wildman–Crippen MR) is 121 cm³/mol. The summed E-state index contributed by atoms with van der Waals surface area (Å²) in [4.78, 5) is 31.2. The first-order chi connectivity index (χ1) is 14.0. The fraction of sp³-hybridized carbons (Fsp3) is 0.680. The second-order valence-corrected chi connectivity index (χ2v) is 10.6. The van der Waals surface area contributed by atoms with Crippen molar-refractivity contribution in [3.05, 3.63) is 35.4 Å². The van der Waals surface area contributed by atoms with E-state index < -0.39 is 11.6 Å². The van der Waals surface area contributed by atoms with Crippen LogP contribution in [0.5, 0.6) is 0 Å². The highest BCUT2D eigenvalue weighted by molar-refractivity contribution is 5.93. The van der Waals surface area contributed by atoms with E-state index >= 15 is 0 Å². The lowest BCUT2D eigenvalue weighted by molar-refractivity contribution is -0.160. The number of rotatable bonds is 4. The highest BCUT2D eigenvalue weighted by atomic mass is 16.2. The third-order valence-corrected chi connectivity index (χ3v) is 6.94. The van der Waals surface area contributed by atoms with E-state index in [4.69, 9.17) is 0 Å². The molecule has 1 spiro atoms. The van der Waals surface area contributed by atoms with Crippen molar-refractivity contribution < 1.29 is 9.59 Å². The zero-order valence-corrected chi connectivity index (χ0v) is 19.8. The monoisotopic (exact) mass is 413 g/mol. The minimum atomic E-state index is -0.563. The molecule has 2 amide bonds. The SMILES string of the molecule is CC(C)C(C)N1Cc2ccccc2CC12CCCN(C(C)C(=O)NC(C)(C)C)C2=O. The number of carbonyl (C=O) groups excluding carboxylic acids is 2. The van der Waals surface area contributed by atoms with Crippen LogP contribution < -0.4 is 5.32 Å². The molecular formula is C25H39N3O2. The molecular weight excluding hydrogens is 374 g/mol. The van der Waals surface area contributed by atoms with E-state index in [0.717, 1.165) is 25.8 Å². The van der Waals surface area contributed by atoms with Gasteiger partial charge in [0.05, 0.1) is 0 Å². The van der Waals surface area contributed by atoms with Crippen LogP contribution in [0.2, 0.25) is 0 Å². The Morgan fingerprint density at radius 2 is 1.73 bits per heavy atom. The second-order valence-electron chi connectivity index (χ2n) is 10.6. The van der Waals surface area contributed by atoms with E-state index in [1.807, 2.05) is 32.6 Å². The van der Waals surface area contributed by atoms with Crippen molar-refractivity contribution in [2.45, 2.75) is 97.4 Å². The third-order valence-electron chi connectivity index (χ3n) is 6.94.